The number of aryl methyl sites for hydroxylation is 1. The summed E-state index contributed by atoms with van der Waals surface area (Å²) in [5, 5.41) is 1.01. The van der Waals surface area contributed by atoms with Gasteiger partial charge in [-0.1, -0.05) is 41.4 Å². The number of pyridine rings is 1. The molecule has 32 heavy (non-hydrogen) atoms. The highest BCUT2D eigenvalue weighted by Gasteiger charge is 2.33. The third kappa shape index (κ3) is 4.15. The van der Waals surface area contributed by atoms with Crippen LogP contribution < -0.4 is 10.3 Å². The number of benzene rings is 2. The summed E-state index contributed by atoms with van der Waals surface area (Å²) in [7, 11) is 0. The fourth-order valence-corrected chi connectivity index (χ4v) is 4.38. The van der Waals surface area contributed by atoms with Crippen LogP contribution in [0.3, 0.4) is 0 Å². The zero-order chi connectivity index (χ0) is 22.4. The molecule has 1 aliphatic heterocycles. The molecule has 0 N–H and O–H groups in total. The third-order valence-corrected chi connectivity index (χ3v) is 6.71. The van der Waals surface area contributed by atoms with Gasteiger partial charge in [-0.25, -0.2) is 0 Å². The van der Waals surface area contributed by atoms with E-state index in [0.29, 0.717) is 40.5 Å². The third-order valence-electron chi connectivity index (χ3n) is 5.97. The average Bonchev–Trinajstić information content (AvgIpc) is 3.57. The average molecular weight is 469 g/mol. The van der Waals surface area contributed by atoms with Crippen molar-refractivity contribution in [2.45, 2.75) is 31.9 Å². The Hall–Kier alpha value is -2.76. The number of hydrogen-bond donors (Lipinski definition) is 0. The molecule has 2 fully saturated rings. The van der Waals surface area contributed by atoms with Gasteiger partial charge in [0, 0.05) is 23.4 Å². The van der Waals surface area contributed by atoms with E-state index in [0.717, 1.165) is 29.7 Å². The van der Waals surface area contributed by atoms with E-state index >= 15 is 0 Å². The van der Waals surface area contributed by atoms with Crippen molar-refractivity contribution in [3.8, 4) is 16.9 Å². The molecule has 0 atom stereocenters. The van der Waals surface area contributed by atoms with Gasteiger partial charge in [-0.3, -0.25) is 9.59 Å². The van der Waals surface area contributed by atoms with Crippen molar-refractivity contribution >= 4 is 29.1 Å². The molecule has 1 aliphatic carbocycles. The molecule has 1 saturated heterocycles. The molecule has 2 aromatic carbocycles. The van der Waals surface area contributed by atoms with Crippen LogP contribution in [0.15, 0.2) is 59.4 Å². The molecule has 2 heterocycles. The molecule has 5 nitrogen and oxygen atoms in total. The van der Waals surface area contributed by atoms with Crippen LogP contribution in [0.4, 0.5) is 0 Å². The van der Waals surface area contributed by atoms with E-state index in [4.69, 9.17) is 27.9 Å². The van der Waals surface area contributed by atoms with Crippen molar-refractivity contribution in [1.82, 2.24) is 9.47 Å². The Bertz CT molecular complexity index is 1240. The van der Waals surface area contributed by atoms with E-state index in [2.05, 4.69) is 0 Å². The maximum atomic E-state index is 12.8. The summed E-state index contributed by atoms with van der Waals surface area (Å²) < 4.78 is 7.79. The van der Waals surface area contributed by atoms with Crippen LogP contribution in [-0.2, 0) is 0 Å². The first-order valence-corrected chi connectivity index (χ1v) is 11.4. The molecule has 1 amide bonds. The lowest BCUT2D eigenvalue weighted by atomic mass is 10.0. The molecule has 0 bridgehead atoms. The van der Waals surface area contributed by atoms with Crippen LogP contribution >= 0.6 is 23.2 Å². The Morgan fingerprint density at radius 2 is 1.62 bits per heavy atom. The predicted molar refractivity (Wildman–Crippen MR) is 126 cm³/mol. The van der Waals surface area contributed by atoms with E-state index in [-0.39, 0.29) is 17.6 Å². The van der Waals surface area contributed by atoms with Crippen molar-refractivity contribution in [3.63, 3.8) is 0 Å². The Morgan fingerprint density at radius 3 is 2.25 bits per heavy atom. The number of carbonyl (C=O) groups excluding carboxylic acids is 1. The second-order valence-electron chi connectivity index (χ2n) is 8.43. The van der Waals surface area contributed by atoms with Gasteiger partial charge in [0.1, 0.15) is 11.9 Å². The highest BCUT2D eigenvalue weighted by molar-refractivity contribution is 6.42. The van der Waals surface area contributed by atoms with Gasteiger partial charge in [0.2, 0.25) is 0 Å². The number of ether oxygens (including phenoxy) is 1. The van der Waals surface area contributed by atoms with Crippen LogP contribution in [0.1, 0.15) is 34.9 Å². The van der Waals surface area contributed by atoms with Gasteiger partial charge in [0.15, 0.2) is 0 Å². The minimum Gasteiger partial charge on any atom is -0.486 e. The lowest BCUT2D eigenvalue weighted by Gasteiger charge is -2.39. The summed E-state index contributed by atoms with van der Waals surface area (Å²) >= 11 is 12.1. The molecule has 0 spiro atoms. The summed E-state index contributed by atoms with van der Waals surface area (Å²) in [4.78, 5) is 26.9. The van der Waals surface area contributed by atoms with Crippen molar-refractivity contribution < 1.29 is 9.53 Å². The largest absolute Gasteiger partial charge is 0.486 e. The quantitative estimate of drug-likeness (QED) is 0.505. The summed E-state index contributed by atoms with van der Waals surface area (Å²) in [6.07, 6.45) is 2.02. The van der Waals surface area contributed by atoms with Gasteiger partial charge in [-0.2, -0.15) is 0 Å². The van der Waals surface area contributed by atoms with Gasteiger partial charge in [0.25, 0.3) is 11.5 Å². The molecule has 1 aromatic heterocycles. The number of carbonyl (C=O) groups is 1. The summed E-state index contributed by atoms with van der Waals surface area (Å²) in [6, 6.07) is 16.7. The topological polar surface area (TPSA) is 51.5 Å². The van der Waals surface area contributed by atoms with Crippen LogP contribution in [0, 0.1) is 6.92 Å². The number of rotatable bonds is 5. The summed E-state index contributed by atoms with van der Waals surface area (Å²) in [5.41, 5.74) is 3.42. The zero-order valence-electron chi connectivity index (χ0n) is 17.6. The second kappa shape index (κ2) is 8.30. The van der Waals surface area contributed by atoms with Crippen molar-refractivity contribution in [2.75, 3.05) is 13.1 Å². The maximum absolute atomic E-state index is 12.8. The van der Waals surface area contributed by atoms with Crippen molar-refractivity contribution in [3.05, 3.63) is 86.3 Å². The smallest absolute Gasteiger partial charge is 0.254 e. The standard InChI is InChI=1S/C25H22Cl2N2O3/c1-15-10-20(12-24(30)29(15)19-7-8-19)32-21-13-28(14-21)25(31)17-4-2-16(3-5-17)18-6-9-22(26)23(27)11-18/h2-6,9-12,19,21H,7-8,13-14H2,1H3. The van der Waals surface area contributed by atoms with Gasteiger partial charge >= 0.3 is 0 Å². The summed E-state index contributed by atoms with van der Waals surface area (Å²) in [5.74, 6) is 0.540. The van der Waals surface area contributed by atoms with E-state index in [1.54, 1.807) is 17.0 Å². The van der Waals surface area contributed by atoms with E-state index < -0.39 is 0 Å². The van der Waals surface area contributed by atoms with Gasteiger partial charge < -0.3 is 14.2 Å². The Balaban J connectivity index is 1.20. The number of likely N-dealkylation sites (tertiary alicyclic amines) is 1. The van der Waals surface area contributed by atoms with Gasteiger partial charge in [-0.05, 0) is 61.2 Å². The van der Waals surface area contributed by atoms with Gasteiger partial charge in [0.05, 0.1) is 23.1 Å². The molecule has 1 saturated carbocycles. The molecule has 3 aromatic rings. The normalized spacial score (nSPS) is 16.0. The molecule has 7 heteroatoms. The Kier molecular flexibility index (Phi) is 5.48. The minimum absolute atomic E-state index is 0.0168. The number of aromatic nitrogens is 1. The Morgan fingerprint density at radius 1 is 0.938 bits per heavy atom. The molecule has 164 valence electrons. The second-order valence-corrected chi connectivity index (χ2v) is 9.24. The first-order chi connectivity index (χ1) is 15.4. The molecular weight excluding hydrogens is 447 g/mol. The fourth-order valence-electron chi connectivity index (χ4n) is 4.09. The SMILES string of the molecule is Cc1cc(OC2CN(C(=O)c3ccc(-c4ccc(Cl)c(Cl)c4)cc3)C2)cc(=O)n1C1CC1. The number of hydrogen-bond acceptors (Lipinski definition) is 3. The van der Waals surface area contributed by atoms with Crippen LogP contribution in [0.2, 0.25) is 10.0 Å². The maximum Gasteiger partial charge on any atom is 0.254 e. The van der Waals surface area contributed by atoms with Crippen LogP contribution in [-0.4, -0.2) is 34.6 Å². The lowest BCUT2D eigenvalue weighted by Crippen LogP contribution is -2.56. The molecule has 5 rings (SSSR count). The number of amides is 1. The van der Waals surface area contributed by atoms with Crippen molar-refractivity contribution in [1.29, 1.82) is 0 Å². The first-order valence-electron chi connectivity index (χ1n) is 10.6. The molecule has 0 radical (unpaired) electrons. The molecular formula is C25H22Cl2N2O3. The van der Waals surface area contributed by atoms with E-state index in [1.807, 2.05) is 54.0 Å². The number of nitrogens with zero attached hydrogens (tertiary/aromatic N) is 2. The zero-order valence-corrected chi connectivity index (χ0v) is 19.1. The highest BCUT2D eigenvalue weighted by Crippen LogP contribution is 2.35. The molecule has 0 unspecified atom stereocenters. The van der Waals surface area contributed by atoms with E-state index in [9.17, 15) is 9.59 Å². The Labute approximate surface area is 196 Å². The molecule has 2 aliphatic rings. The monoisotopic (exact) mass is 468 g/mol. The van der Waals surface area contributed by atoms with Crippen LogP contribution in [0.5, 0.6) is 5.75 Å². The number of halogens is 2. The summed E-state index contributed by atoms with van der Waals surface area (Å²) in [6.45, 7) is 2.93. The first kappa shape index (κ1) is 21.1. The highest BCUT2D eigenvalue weighted by atomic mass is 35.5. The predicted octanol–water partition coefficient (Wildman–Crippen LogP) is 5.37. The van der Waals surface area contributed by atoms with Crippen molar-refractivity contribution in [2.24, 2.45) is 0 Å². The van der Waals surface area contributed by atoms with E-state index in [1.165, 1.54) is 0 Å². The van der Waals surface area contributed by atoms with Crippen LogP contribution in [0.25, 0.3) is 11.1 Å². The minimum atomic E-state index is -0.106. The fraction of sp³-hybridized carbons (Fsp3) is 0.280. The lowest BCUT2D eigenvalue weighted by molar-refractivity contribution is 0.0176. The van der Waals surface area contributed by atoms with Gasteiger partial charge in [-0.15, -0.1) is 0 Å².